The molecule has 1 heterocycles. The smallest absolute Gasteiger partial charge is 0.231 e. The number of aromatic hydroxyl groups is 1. The van der Waals surface area contributed by atoms with Crippen molar-refractivity contribution >= 4 is 51.6 Å². The van der Waals surface area contributed by atoms with E-state index in [1.807, 2.05) is 0 Å². The van der Waals surface area contributed by atoms with Crippen molar-refractivity contribution in [3.05, 3.63) is 41.4 Å². The van der Waals surface area contributed by atoms with Gasteiger partial charge in [-0.25, -0.2) is 4.98 Å². The molecule has 8 heteroatoms. The quantitative estimate of drug-likeness (QED) is 0.424. The lowest BCUT2D eigenvalue weighted by atomic mass is 9.96. The third-order valence-electron chi connectivity index (χ3n) is 3.74. The molecule has 1 amide bonds. The van der Waals surface area contributed by atoms with Crippen LogP contribution in [0.2, 0.25) is 5.02 Å². The first-order valence-corrected chi connectivity index (χ1v) is 8.94. The highest BCUT2D eigenvalue weighted by molar-refractivity contribution is 7.80. The Morgan fingerprint density at radius 2 is 1.96 bits per heavy atom. The summed E-state index contributed by atoms with van der Waals surface area (Å²) in [5, 5.41) is 16.5. The zero-order valence-electron chi connectivity index (χ0n) is 15.0. The summed E-state index contributed by atoms with van der Waals surface area (Å²) in [6, 6.07) is 9.86. The molecule has 0 saturated carbocycles. The molecule has 3 rings (SSSR count). The first kappa shape index (κ1) is 19.1. The average molecular weight is 404 g/mol. The molecule has 0 unspecified atom stereocenters. The van der Waals surface area contributed by atoms with Gasteiger partial charge in [0.1, 0.15) is 11.3 Å². The molecule has 140 valence electrons. The van der Waals surface area contributed by atoms with Gasteiger partial charge in [-0.3, -0.25) is 4.79 Å². The summed E-state index contributed by atoms with van der Waals surface area (Å²) < 4.78 is 5.70. The predicted molar refractivity (Wildman–Crippen MR) is 110 cm³/mol. The molecule has 0 bridgehead atoms. The van der Waals surface area contributed by atoms with Crippen molar-refractivity contribution in [3.63, 3.8) is 0 Å². The number of anilines is 1. The van der Waals surface area contributed by atoms with E-state index < -0.39 is 5.41 Å². The Morgan fingerprint density at radius 1 is 1.22 bits per heavy atom. The SMILES string of the molecule is CC(C)(C)C(=O)NC(=S)Nc1ccc(O)c(-c2nc3cc(Cl)ccc3o2)c1. The Bertz CT molecular complexity index is 1040. The maximum Gasteiger partial charge on any atom is 0.231 e. The number of phenolic OH excluding ortho intramolecular Hbond substituents is 1. The molecule has 3 aromatic rings. The summed E-state index contributed by atoms with van der Waals surface area (Å²) in [6.45, 7) is 5.38. The van der Waals surface area contributed by atoms with Crippen LogP contribution in [-0.2, 0) is 4.79 Å². The molecular formula is C19H18ClN3O3S. The minimum Gasteiger partial charge on any atom is -0.507 e. The Morgan fingerprint density at radius 3 is 2.67 bits per heavy atom. The number of amides is 1. The highest BCUT2D eigenvalue weighted by atomic mass is 35.5. The molecule has 0 radical (unpaired) electrons. The molecule has 0 aliphatic rings. The lowest BCUT2D eigenvalue weighted by molar-refractivity contribution is -0.126. The van der Waals surface area contributed by atoms with Crippen LogP contribution < -0.4 is 10.6 Å². The van der Waals surface area contributed by atoms with E-state index in [2.05, 4.69) is 15.6 Å². The third kappa shape index (κ3) is 4.37. The highest BCUT2D eigenvalue weighted by Gasteiger charge is 2.22. The normalized spacial score (nSPS) is 11.4. The number of aromatic nitrogens is 1. The van der Waals surface area contributed by atoms with Crippen molar-refractivity contribution in [1.82, 2.24) is 10.3 Å². The fourth-order valence-corrected chi connectivity index (χ4v) is 2.63. The monoisotopic (exact) mass is 403 g/mol. The van der Waals surface area contributed by atoms with E-state index in [9.17, 15) is 9.90 Å². The first-order chi connectivity index (χ1) is 12.6. The average Bonchev–Trinajstić information content (AvgIpc) is 2.98. The van der Waals surface area contributed by atoms with Crippen molar-refractivity contribution in [2.24, 2.45) is 5.41 Å². The van der Waals surface area contributed by atoms with Gasteiger partial charge in [-0.2, -0.15) is 0 Å². The standard InChI is InChI=1S/C19H18ClN3O3S/c1-19(2,3)17(25)23-18(27)21-11-5-6-14(24)12(9-11)16-22-13-8-10(20)4-7-15(13)26-16/h4-9,24H,1-3H3,(H2,21,23,25,27). The van der Waals surface area contributed by atoms with Gasteiger partial charge in [-0.1, -0.05) is 32.4 Å². The van der Waals surface area contributed by atoms with Crippen molar-refractivity contribution in [3.8, 4) is 17.2 Å². The number of nitrogens with zero attached hydrogens (tertiary/aromatic N) is 1. The van der Waals surface area contributed by atoms with E-state index in [1.54, 1.807) is 51.1 Å². The zero-order chi connectivity index (χ0) is 19.8. The largest absolute Gasteiger partial charge is 0.507 e. The number of hydrogen-bond acceptors (Lipinski definition) is 5. The molecule has 0 fully saturated rings. The van der Waals surface area contributed by atoms with Gasteiger partial charge in [-0.15, -0.1) is 0 Å². The Kier molecular flexibility index (Phi) is 5.08. The van der Waals surface area contributed by atoms with Crippen LogP contribution in [0.25, 0.3) is 22.6 Å². The maximum atomic E-state index is 12.0. The van der Waals surface area contributed by atoms with Gasteiger partial charge in [-0.05, 0) is 48.6 Å². The number of thiocarbonyl (C=S) groups is 1. The minimum atomic E-state index is -0.564. The van der Waals surface area contributed by atoms with Gasteiger partial charge in [0.15, 0.2) is 10.7 Å². The van der Waals surface area contributed by atoms with Crippen LogP contribution in [-0.4, -0.2) is 21.1 Å². The number of halogens is 1. The van der Waals surface area contributed by atoms with Crippen LogP contribution >= 0.6 is 23.8 Å². The van der Waals surface area contributed by atoms with Crippen molar-refractivity contribution in [2.75, 3.05) is 5.32 Å². The maximum absolute atomic E-state index is 12.0. The number of rotatable bonds is 2. The zero-order valence-corrected chi connectivity index (χ0v) is 16.5. The number of fused-ring (bicyclic) bond motifs is 1. The van der Waals surface area contributed by atoms with Crippen molar-refractivity contribution in [1.29, 1.82) is 0 Å². The summed E-state index contributed by atoms with van der Waals surface area (Å²) in [4.78, 5) is 16.4. The summed E-state index contributed by atoms with van der Waals surface area (Å²) in [7, 11) is 0. The van der Waals surface area contributed by atoms with Crippen LogP contribution in [0.15, 0.2) is 40.8 Å². The number of oxazole rings is 1. The van der Waals surface area contributed by atoms with Gasteiger partial charge in [0, 0.05) is 16.1 Å². The van der Waals surface area contributed by atoms with E-state index in [4.69, 9.17) is 28.2 Å². The molecule has 3 N–H and O–H groups in total. The lowest BCUT2D eigenvalue weighted by Crippen LogP contribution is -2.41. The molecule has 1 aromatic heterocycles. The highest BCUT2D eigenvalue weighted by Crippen LogP contribution is 2.33. The van der Waals surface area contributed by atoms with Gasteiger partial charge < -0.3 is 20.2 Å². The lowest BCUT2D eigenvalue weighted by Gasteiger charge is -2.18. The van der Waals surface area contributed by atoms with Crippen LogP contribution in [0.5, 0.6) is 5.75 Å². The van der Waals surface area contributed by atoms with Crippen molar-refractivity contribution in [2.45, 2.75) is 20.8 Å². The van der Waals surface area contributed by atoms with Gasteiger partial charge in [0.05, 0.1) is 5.56 Å². The molecule has 0 spiro atoms. The Balaban J connectivity index is 1.85. The molecular weight excluding hydrogens is 386 g/mol. The number of nitrogens with one attached hydrogen (secondary N) is 2. The fourth-order valence-electron chi connectivity index (χ4n) is 2.25. The third-order valence-corrected chi connectivity index (χ3v) is 4.18. The number of benzene rings is 2. The predicted octanol–water partition coefficient (Wildman–Crippen LogP) is 4.71. The van der Waals surface area contributed by atoms with E-state index in [0.717, 1.165) is 0 Å². The number of carbonyl (C=O) groups excluding carboxylic acids is 1. The number of phenols is 1. The Hall–Kier alpha value is -2.64. The topological polar surface area (TPSA) is 87.4 Å². The van der Waals surface area contributed by atoms with Crippen LogP contribution in [0, 0.1) is 5.41 Å². The molecule has 0 saturated heterocycles. The molecule has 2 aromatic carbocycles. The van der Waals surface area contributed by atoms with E-state index in [1.165, 1.54) is 6.07 Å². The van der Waals surface area contributed by atoms with Gasteiger partial charge >= 0.3 is 0 Å². The fraction of sp³-hybridized carbons (Fsp3) is 0.211. The summed E-state index contributed by atoms with van der Waals surface area (Å²) in [6.07, 6.45) is 0. The van der Waals surface area contributed by atoms with E-state index in [0.29, 0.717) is 27.4 Å². The molecule has 0 atom stereocenters. The summed E-state index contributed by atoms with van der Waals surface area (Å²) in [5.74, 6) is 0.0516. The van der Waals surface area contributed by atoms with Crippen molar-refractivity contribution < 1.29 is 14.3 Å². The first-order valence-electron chi connectivity index (χ1n) is 8.15. The molecule has 0 aliphatic heterocycles. The second-order valence-corrected chi connectivity index (χ2v) is 7.87. The van der Waals surface area contributed by atoms with E-state index >= 15 is 0 Å². The van der Waals surface area contributed by atoms with Crippen LogP contribution in [0.1, 0.15) is 20.8 Å². The van der Waals surface area contributed by atoms with Gasteiger partial charge in [0.25, 0.3) is 0 Å². The summed E-state index contributed by atoms with van der Waals surface area (Å²) >= 11 is 11.2. The number of carbonyl (C=O) groups is 1. The molecule has 27 heavy (non-hydrogen) atoms. The second-order valence-electron chi connectivity index (χ2n) is 7.02. The second kappa shape index (κ2) is 7.17. The van der Waals surface area contributed by atoms with Crippen LogP contribution in [0.3, 0.4) is 0 Å². The van der Waals surface area contributed by atoms with Crippen LogP contribution in [0.4, 0.5) is 5.69 Å². The van der Waals surface area contributed by atoms with E-state index in [-0.39, 0.29) is 22.7 Å². The summed E-state index contributed by atoms with van der Waals surface area (Å²) in [5.41, 5.74) is 1.54. The number of hydrogen-bond donors (Lipinski definition) is 3. The van der Waals surface area contributed by atoms with Gasteiger partial charge in [0.2, 0.25) is 11.8 Å². The molecule has 6 nitrogen and oxygen atoms in total. The minimum absolute atomic E-state index is 0.00264. The molecule has 0 aliphatic carbocycles. The Labute approximate surface area is 166 Å².